The average molecular weight is 940 g/mol. The van der Waals surface area contributed by atoms with Crippen LogP contribution in [0.25, 0.3) is 10.8 Å². The van der Waals surface area contributed by atoms with Gasteiger partial charge in [0.15, 0.2) is 13.9 Å². The van der Waals surface area contributed by atoms with Gasteiger partial charge in [-0.25, -0.2) is 9.18 Å². The first-order chi connectivity index (χ1) is 31.0. The molecule has 2 aliphatic rings. The number of methoxy groups -OCH3 is 1. The number of carboxylic acid groups (broad SMARTS) is 1. The van der Waals surface area contributed by atoms with E-state index >= 15 is 0 Å². The predicted octanol–water partition coefficient (Wildman–Crippen LogP) is 11.0. The molecule has 4 aromatic carbocycles. The van der Waals surface area contributed by atoms with E-state index in [0.29, 0.717) is 61.4 Å². The number of carboxylic acids is 1. The Kier molecular flexibility index (Phi) is 13.5. The number of carbonyl (C=O) groups is 1. The molecule has 0 saturated carbocycles. The molecular formula is C50H60ClFN6O5SSi. The zero-order valence-corrected chi connectivity index (χ0v) is 41.2. The first kappa shape index (κ1) is 46.7. The van der Waals surface area contributed by atoms with Gasteiger partial charge in [0.1, 0.15) is 17.3 Å². The summed E-state index contributed by atoms with van der Waals surface area (Å²) in [5.41, 5.74) is 5.69. The third-order valence-electron chi connectivity index (χ3n) is 13.7. The van der Waals surface area contributed by atoms with Gasteiger partial charge in [-0.15, -0.1) is 11.8 Å². The van der Waals surface area contributed by atoms with Crippen LogP contribution in [-0.4, -0.2) is 59.7 Å². The van der Waals surface area contributed by atoms with Gasteiger partial charge in [0.2, 0.25) is 0 Å². The number of halogens is 2. The van der Waals surface area contributed by atoms with Crippen LogP contribution in [0.3, 0.4) is 0 Å². The van der Waals surface area contributed by atoms with Crippen LogP contribution in [0.4, 0.5) is 10.1 Å². The molecule has 15 heteroatoms. The van der Waals surface area contributed by atoms with E-state index in [1.165, 1.54) is 12.1 Å². The predicted molar refractivity (Wildman–Crippen MR) is 259 cm³/mol. The van der Waals surface area contributed by atoms with Crippen LogP contribution in [0.15, 0.2) is 83.8 Å². The summed E-state index contributed by atoms with van der Waals surface area (Å²) in [6.45, 7) is 13.6. The number of anilines is 1. The van der Waals surface area contributed by atoms with Crippen molar-refractivity contribution in [1.29, 1.82) is 0 Å². The van der Waals surface area contributed by atoms with E-state index in [-0.39, 0.29) is 10.9 Å². The number of thioether (sulfide) groups is 1. The third-order valence-corrected chi connectivity index (χ3v) is 19.5. The van der Waals surface area contributed by atoms with Gasteiger partial charge in [-0.1, -0.05) is 50.6 Å². The molecule has 2 aromatic heterocycles. The summed E-state index contributed by atoms with van der Waals surface area (Å²) in [5, 5.41) is 27.4. The minimum atomic E-state index is -1.95. The van der Waals surface area contributed by atoms with Crippen molar-refractivity contribution in [3.63, 3.8) is 0 Å². The second-order valence-corrected chi connectivity index (χ2v) is 25.1. The van der Waals surface area contributed by atoms with Crippen LogP contribution < -0.4 is 19.7 Å². The van der Waals surface area contributed by atoms with Gasteiger partial charge >= 0.3 is 5.97 Å². The fraction of sp³-hybridized carbons (Fsp3) is 0.420. The molecule has 2 unspecified atom stereocenters. The van der Waals surface area contributed by atoms with Crippen LogP contribution >= 0.6 is 23.4 Å². The minimum absolute atomic E-state index is 0.100. The molecule has 0 radical (unpaired) electrons. The van der Waals surface area contributed by atoms with Crippen molar-refractivity contribution in [2.45, 2.75) is 113 Å². The molecule has 11 nitrogen and oxygen atoms in total. The van der Waals surface area contributed by atoms with Crippen LogP contribution in [0.2, 0.25) is 23.2 Å². The molecule has 0 aliphatic carbocycles. The second-order valence-electron chi connectivity index (χ2n) is 18.8. The number of aromatic nitrogens is 4. The molecule has 2 N–H and O–H groups in total. The maximum atomic E-state index is 14.6. The zero-order chi connectivity index (χ0) is 46.3. The van der Waals surface area contributed by atoms with Crippen LogP contribution in [-0.2, 0) is 60.2 Å². The van der Waals surface area contributed by atoms with Crippen LogP contribution in [0, 0.1) is 5.82 Å². The summed E-state index contributed by atoms with van der Waals surface area (Å²) in [6, 6.07) is 24.5. The lowest BCUT2D eigenvalue weighted by Crippen LogP contribution is -2.52. The fourth-order valence-corrected chi connectivity index (χ4v) is 11.3. The number of hydrogen-bond donors (Lipinski definition) is 2. The third kappa shape index (κ3) is 9.29. The van der Waals surface area contributed by atoms with Crippen molar-refractivity contribution in [2.24, 2.45) is 7.05 Å². The lowest BCUT2D eigenvalue weighted by atomic mass is 9.73. The largest absolute Gasteiger partial charge is 0.497 e. The molecule has 4 heterocycles. The first-order valence-electron chi connectivity index (χ1n) is 22.3. The minimum Gasteiger partial charge on any atom is -0.497 e. The molecule has 8 rings (SSSR count). The first-order valence-corrected chi connectivity index (χ1v) is 26.6. The van der Waals surface area contributed by atoms with Gasteiger partial charge in [-0.2, -0.15) is 10.2 Å². The maximum Gasteiger partial charge on any atom is 0.335 e. The molecule has 2 aliphatic heterocycles. The van der Waals surface area contributed by atoms with Crippen LogP contribution in [0.5, 0.6) is 11.5 Å². The van der Waals surface area contributed by atoms with Gasteiger partial charge in [0.05, 0.1) is 37.4 Å². The topological polar surface area (TPSA) is 116 Å². The van der Waals surface area contributed by atoms with Gasteiger partial charge in [-0.3, -0.25) is 9.36 Å². The van der Waals surface area contributed by atoms with Crippen molar-refractivity contribution in [3.8, 4) is 11.5 Å². The van der Waals surface area contributed by atoms with E-state index in [4.69, 9.17) is 35.7 Å². The summed E-state index contributed by atoms with van der Waals surface area (Å²) in [5.74, 6) is 0.468. The Morgan fingerprint density at radius 3 is 2.55 bits per heavy atom. The highest BCUT2D eigenvalue weighted by Gasteiger charge is 2.59. The van der Waals surface area contributed by atoms with Crippen molar-refractivity contribution in [2.75, 3.05) is 25.7 Å². The smallest absolute Gasteiger partial charge is 0.335 e. The van der Waals surface area contributed by atoms with Crippen molar-refractivity contribution in [3.05, 3.63) is 129 Å². The molecule has 344 valence electrons. The Balaban J connectivity index is 1.04. The molecule has 0 amide bonds. The van der Waals surface area contributed by atoms with Gasteiger partial charge in [0, 0.05) is 77.6 Å². The molecule has 65 heavy (non-hydrogen) atoms. The monoisotopic (exact) mass is 938 g/mol. The highest BCUT2D eigenvalue weighted by molar-refractivity contribution is 7.98. The Bertz CT molecular complexity index is 2700. The molecule has 2 atom stereocenters. The van der Waals surface area contributed by atoms with Crippen LogP contribution in [0.1, 0.15) is 85.4 Å². The van der Waals surface area contributed by atoms with Gasteiger partial charge in [0.25, 0.3) is 0 Å². The quantitative estimate of drug-likeness (QED) is 0.0490. The van der Waals surface area contributed by atoms with E-state index in [1.54, 1.807) is 24.9 Å². The maximum absolute atomic E-state index is 14.6. The average Bonchev–Trinajstić information content (AvgIpc) is 4.01. The Labute approximate surface area is 391 Å². The standard InChI is InChI=1S/C50H60ClFN6O5SSi/c1-49(2,3)65(7,8)63-30-37-26-36(54-57(37)5)28-53-29-43-47(44-12-9-21-58(44)55-43)50(48(59)60)42(41-19-15-34(51)25-45(41)56(50)4)11-10-22-62-46-27-39(24-33-23-35(52)16-20-40(33)46)64-31-32-13-17-38(61-6)18-14-32/h13-20,23-27,42,53H,9-12,21-22,28-31H2,1-8H3,(H,59,60). The lowest BCUT2D eigenvalue weighted by Gasteiger charge is -2.39. The normalized spacial score (nSPS) is 17.2. The second kappa shape index (κ2) is 18.8. The molecule has 6 aromatic rings. The summed E-state index contributed by atoms with van der Waals surface area (Å²) in [4.78, 5) is 17.2. The molecular weight excluding hydrogens is 879 g/mol. The number of nitrogens with zero attached hydrogens (tertiary/aromatic N) is 5. The molecule has 0 fully saturated rings. The Morgan fingerprint density at radius 1 is 1.03 bits per heavy atom. The lowest BCUT2D eigenvalue weighted by molar-refractivity contribution is -0.144. The highest BCUT2D eigenvalue weighted by Crippen LogP contribution is 2.57. The molecule has 0 saturated heterocycles. The van der Waals surface area contributed by atoms with Crippen molar-refractivity contribution >= 4 is 54.1 Å². The highest BCUT2D eigenvalue weighted by atomic mass is 35.5. The number of aliphatic carboxylic acids is 1. The number of benzene rings is 4. The SMILES string of the molecule is COc1ccc(CSc2cc(OCCCC3c4ccc(Cl)cc4N(C)C3(C(=O)O)c3c(CNCc4cc(CO[Si](C)(C)C(C)(C)C)n(C)n4)nn4c3CCC4)c3ccc(F)cc3c2)cc1. The van der Waals surface area contributed by atoms with E-state index < -0.39 is 25.7 Å². The zero-order valence-electron chi connectivity index (χ0n) is 38.6. The summed E-state index contributed by atoms with van der Waals surface area (Å²) < 4.78 is 36.8. The summed E-state index contributed by atoms with van der Waals surface area (Å²) in [6.07, 6.45) is 2.69. The van der Waals surface area contributed by atoms with Gasteiger partial charge in [-0.05, 0) is 121 Å². The summed E-state index contributed by atoms with van der Waals surface area (Å²) >= 11 is 8.28. The number of aryl methyl sites for hydroxylation is 2. The number of hydrogen-bond acceptors (Lipinski definition) is 9. The van der Waals surface area contributed by atoms with E-state index in [0.717, 1.165) is 80.3 Å². The number of likely N-dealkylation sites (N-methyl/N-ethyl adjacent to an activating group) is 1. The van der Waals surface area contributed by atoms with E-state index in [9.17, 15) is 14.3 Å². The van der Waals surface area contributed by atoms with Gasteiger partial charge < -0.3 is 29.2 Å². The Morgan fingerprint density at radius 2 is 1.82 bits per heavy atom. The van der Waals surface area contributed by atoms with Crippen molar-refractivity contribution in [1.82, 2.24) is 24.9 Å². The Hall–Kier alpha value is -4.86. The fourth-order valence-electron chi connectivity index (χ4n) is 9.22. The molecule has 0 spiro atoms. The van der Waals surface area contributed by atoms with Crippen molar-refractivity contribution < 1.29 is 28.2 Å². The number of fused-ring (bicyclic) bond motifs is 3. The van der Waals surface area contributed by atoms with E-state index in [2.05, 4.69) is 45.2 Å². The number of nitrogens with one attached hydrogen (secondary N) is 1. The van der Waals surface area contributed by atoms with E-state index in [1.807, 2.05) is 83.0 Å². The number of rotatable bonds is 18. The summed E-state index contributed by atoms with van der Waals surface area (Å²) in [7, 11) is 3.52. The molecule has 0 bridgehead atoms. The number of ether oxygens (including phenoxy) is 2.